The van der Waals surface area contributed by atoms with Crippen molar-refractivity contribution in [2.24, 2.45) is 12.9 Å². The summed E-state index contributed by atoms with van der Waals surface area (Å²) in [5.41, 5.74) is 5.65. The minimum absolute atomic E-state index is 0.442. The van der Waals surface area contributed by atoms with Crippen molar-refractivity contribution in [2.75, 3.05) is 10.7 Å². The fourth-order valence-corrected chi connectivity index (χ4v) is 2.44. The molecule has 5 N–H and O–H groups in total. The van der Waals surface area contributed by atoms with Crippen LogP contribution in [-0.4, -0.2) is 34.9 Å². The van der Waals surface area contributed by atoms with Crippen molar-refractivity contribution in [3.8, 4) is 22.6 Å². The molecule has 0 spiro atoms. The van der Waals surface area contributed by atoms with Gasteiger partial charge in [0.15, 0.2) is 0 Å². The zero-order chi connectivity index (χ0) is 17.9. The molecular formula is C16H16N10. The van der Waals surface area contributed by atoms with Gasteiger partial charge in [0.2, 0.25) is 5.95 Å². The monoisotopic (exact) mass is 348 g/mol. The van der Waals surface area contributed by atoms with Crippen LogP contribution in [0.5, 0.6) is 0 Å². The summed E-state index contributed by atoms with van der Waals surface area (Å²) in [7, 11) is 1.86. The summed E-state index contributed by atoms with van der Waals surface area (Å²) < 4.78 is 1.73. The first-order valence-electron chi connectivity index (χ1n) is 7.80. The maximum atomic E-state index is 5.41. The van der Waals surface area contributed by atoms with Crippen LogP contribution in [0.15, 0.2) is 48.9 Å². The third-order valence-electron chi connectivity index (χ3n) is 3.66. The molecule has 10 heteroatoms. The summed E-state index contributed by atoms with van der Waals surface area (Å²) in [6.07, 6.45) is 5.20. The van der Waals surface area contributed by atoms with Crippen molar-refractivity contribution in [3.05, 3.63) is 48.9 Å². The fraction of sp³-hybridized carbons (Fsp3) is 0.0625. The number of anilines is 3. The first kappa shape index (κ1) is 15.7. The normalized spacial score (nSPS) is 10.7. The minimum atomic E-state index is 0.442. The van der Waals surface area contributed by atoms with Gasteiger partial charge in [-0.2, -0.15) is 10.2 Å². The van der Waals surface area contributed by atoms with E-state index in [4.69, 9.17) is 5.84 Å². The third kappa shape index (κ3) is 3.21. The number of hydrazine groups is 1. The van der Waals surface area contributed by atoms with E-state index >= 15 is 0 Å². The van der Waals surface area contributed by atoms with Crippen LogP contribution >= 0.6 is 0 Å². The number of nitrogen functional groups attached to an aromatic ring is 1. The van der Waals surface area contributed by atoms with Gasteiger partial charge < -0.3 is 10.7 Å². The number of nitrogens with two attached hydrogens (primary N) is 1. The van der Waals surface area contributed by atoms with E-state index in [-0.39, 0.29) is 0 Å². The third-order valence-corrected chi connectivity index (χ3v) is 3.66. The predicted octanol–water partition coefficient (Wildman–Crippen LogP) is 1.69. The molecule has 0 radical (unpaired) electrons. The lowest BCUT2D eigenvalue weighted by atomic mass is 10.2. The van der Waals surface area contributed by atoms with Gasteiger partial charge in [-0.3, -0.25) is 9.78 Å². The minimum Gasteiger partial charge on any atom is -0.309 e. The molecule has 4 rings (SSSR count). The molecule has 0 saturated heterocycles. The lowest BCUT2D eigenvalue weighted by Crippen LogP contribution is -2.08. The van der Waals surface area contributed by atoms with Gasteiger partial charge in [-0.05, 0) is 24.3 Å². The van der Waals surface area contributed by atoms with Crippen molar-refractivity contribution < 1.29 is 0 Å². The molecule has 0 aromatic carbocycles. The molecule has 26 heavy (non-hydrogen) atoms. The number of aromatic nitrogens is 7. The Morgan fingerprint density at radius 1 is 1.04 bits per heavy atom. The molecule has 0 aliphatic rings. The largest absolute Gasteiger partial charge is 0.309 e. The number of aromatic amines is 1. The van der Waals surface area contributed by atoms with Gasteiger partial charge in [-0.25, -0.2) is 20.8 Å². The van der Waals surface area contributed by atoms with Crippen molar-refractivity contribution in [1.29, 1.82) is 0 Å². The zero-order valence-electron chi connectivity index (χ0n) is 13.9. The second kappa shape index (κ2) is 6.61. The standard InChI is InChI=1S/C16H16N10/c1-26-7-4-12(25-26)13-9-15(24-23-13)21-16-19-6-3-11(20-16)10-2-5-18-14(8-10)22-17/h2-9H,17H2,1H3,(H,18,22)(H2,19,20,21,23,24). The van der Waals surface area contributed by atoms with Gasteiger partial charge in [-0.1, -0.05) is 0 Å². The maximum Gasteiger partial charge on any atom is 0.228 e. The summed E-state index contributed by atoms with van der Waals surface area (Å²) in [4.78, 5) is 12.8. The highest BCUT2D eigenvalue weighted by atomic mass is 15.3. The maximum absolute atomic E-state index is 5.41. The first-order chi connectivity index (χ1) is 12.7. The Kier molecular flexibility index (Phi) is 4.00. The number of aryl methyl sites for hydroxylation is 1. The summed E-state index contributed by atoms with van der Waals surface area (Å²) in [5, 5.41) is 14.6. The molecule has 130 valence electrons. The Bertz CT molecular complexity index is 1030. The SMILES string of the molecule is Cn1ccc(-c2cc(Nc3nccc(-c4ccnc(NN)c4)n3)[nH]n2)n1. The van der Waals surface area contributed by atoms with Crippen molar-refractivity contribution >= 4 is 17.6 Å². The zero-order valence-corrected chi connectivity index (χ0v) is 13.9. The molecule has 4 aromatic rings. The molecule has 4 heterocycles. The van der Waals surface area contributed by atoms with E-state index in [2.05, 4.69) is 41.0 Å². The highest BCUT2D eigenvalue weighted by Gasteiger charge is 2.09. The Balaban J connectivity index is 1.56. The highest BCUT2D eigenvalue weighted by Crippen LogP contribution is 2.22. The number of hydrogen-bond acceptors (Lipinski definition) is 8. The second-order valence-electron chi connectivity index (χ2n) is 5.51. The van der Waals surface area contributed by atoms with Crippen molar-refractivity contribution in [1.82, 2.24) is 34.9 Å². The van der Waals surface area contributed by atoms with E-state index < -0.39 is 0 Å². The number of hydrogen-bond donors (Lipinski definition) is 4. The van der Waals surface area contributed by atoms with Crippen molar-refractivity contribution in [3.63, 3.8) is 0 Å². The molecule has 0 atom stereocenters. The van der Waals surface area contributed by atoms with Crippen LogP contribution in [0.2, 0.25) is 0 Å². The van der Waals surface area contributed by atoms with Gasteiger partial charge >= 0.3 is 0 Å². The van der Waals surface area contributed by atoms with E-state index in [1.54, 1.807) is 17.1 Å². The van der Waals surface area contributed by atoms with Crippen LogP contribution in [-0.2, 0) is 7.05 Å². The smallest absolute Gasteiger partial charge is 0.228 e. The predicted molar refractivity (Wildman–Crippen MR) is 97.1 cm³/mol. The van der Waals surface area contributed by atoms with E-state index in [1.807, 2.05) is 43.6 Å². The van der Waals surface area contributed by atoms with Crippen LogP contribution in [0.25, 0.3) is 22.6 Å². The molecule has 0 amide bonds. The van der Waals surface area contributed by atoms with Crippen LogP contribution in [0.4, 0.5) is 17.6 Å². The van der Waals surface area contributed by atoms with E-state index in [0.29, 0.717) is 17.6 Å². The van der Waals surface area contributed by atoms with Gasteiger partial charge in [0.05, 0.1) is 5.69 Å². The van der Waals surface area contributed by atoms with Crippen LogP contribution in [0.3, 0.4) is 0 Å². The molecule has 0 saturated carbocycles. The number of pyridine rings is 1. The number of H-pyrrole nitrogens is 1. The Morgan fingerprint density at radius 2 is 1.92 bits per heavy atom. The summed E-state index contributed by atoms with van der Waals surface area (Å²) in [6.45, 7) is 0. The highest BCUT2D eigenvalue weighted by molar-refractivity contribution is 5.65. The van der Waals surface area contributed by atoms with Crippen LogP contribution in [0, 0.1) is 0 Å². The average Bonchev–Trinajstić information content (AvgIpc) is 3.31. The summed E-state index contributed by atoms with van der Waals surface area (Å²) >= 11 is 0. The molecule has 0 fully saturated rings. The van der Waals surface area contributed by atoms with E-state index in [0.717, 1.165) is 22.6 Å². The average molecular weight is 348 g/mol. The molecule has 0 aliphatic carbocycles. The topological polar surface area (TPSA) is 135 Å². The molecule has 0 aliphatic heterocycles. The lowest BCUT2D eigenvalue weighted by Gasteiger charge is -2.06. The first-order valence-corrected chi connectivity index (χ1v) is 7.80. The molecule has 10 nitrogen and oxygen atoms in total. The van der Waals surface area contributed by atoms with Gasteiger partial charge in [0, 0.05) is 37.3 Å². The van der Waals surface area contributed by atoms with Crippen LogP contribution in [0.1, 0.15) is 0 Å². The van der Waals surface area contributed by atoms with Gasteiger partial charge in [0.25, 0.3) is 0 Å². The van der Waals surface area contributed by atoms with E-state index in [1.165, 1.54) is 0 Å². The number of nitrogens with zero attached hydrogens (tertiary/aromatic N) is 6. The lowest BCUT2D eigenvalue weighted by molar-refractivity contribution is 0.769. The summed E-state index contributed by atoms with van der Waals surface area (Å²) in [6, 6.07) is 9.21. The Morgan fingerprint density at radius 3 is 2.73 bits per heavy atom. The molecule has 0 bridgehead atoms. The van der Waals surface area contributed by atoms with Gasteiger partial charge in [0.1, 0.15) is 23.0 Å². The second-order valence-corrected chi connectivity index (χ2v) is 5.51. The van der Waals surface area contributed by atoms with Crippen molar-refractivity contribution in [2.45, 2.75) is 0 Å². The number of nitrogens with one attached hydrogen (secondary N) is 3. The Labute approximate surface area is 148 Å². The summed E-state index contributed by atoms with van der Waals surface area (Å²) in [5.74, 6) is 7.08. The fourth-order valence-electron chi connectivity index (χ4n) is 2.44. The van der Waals surface area contributed by atoms with E-state index in [9.17, 15) is 0 Å². The quantitative estimate of drug-likeness (QED) is 0.316. The number of rotatable bonds is 5. The molecular weight excluding hydrogens is 332 g/mol. The molecule has 0 unspecified atom stereocenters. The molecule has 4 aromatic heterocycles. The Hall–Kier alpha value is -3.79. The van der Waals surface area contributed by atoms with Crippen LogP contribution < -0.4 is 16.6 Å². The van der Waals surface area contributed by atoms with Gasteiger partial charge in [-0.15, -0.1) is 0 Å².